The Hall–Kier alpha value is -3.30. The lowest BCUT2D eigenvalue weighted by atomic mass is 9.98. The van der Waals surface area contributed by atoms with Crippen molar-refractivity contribution in [2.45, 2.75) is 26.3 Å². The van der Waals surface area contributed by atoms with Crippen LogP contribution in [0, 0.1) is 12.8 Å². The predicted octanol–water partition coefficient (Wildman–Crippen LogP) is 1.65. The van der Waals surface area contributed by atoms with E-state index in [4.69, 9.17) is 9.63 Å². The van der Waals surface area contributed by atoms with Crippen molar-refractivity contribution >= 4 is 11.8 Å². The second kappa shape index (κ2) is 7.14. The molecular formula is C17H19N7O3. The molecule has 4 heterocycles. The van der Waals surface area contributed by atoms with Crippen LogP contribution < -0.4 is 4.90 Å². The Morgan fingerprint density at radius 1 is 1.44 bits per heavy atom. The number of hydrogen-bond acceptors (Lipinski definition) is 8. The van der Waals surface area contributed by atoms with Gasteiger partial charge in [0.1, 0.15) is 5.82 Å². The first-order valence-corrected chi connectivity index (χ1v) is 8.73. The number of carboxylic acids is 1. The van der Waals surface area contributed by atoms with Crippen LogP contribution in [-0.2, 0) is 6.54 Å². The highest BCUT2D eigenvalue weighted by Gasteiger charge is 2.23. The van der Waals surface area contributed by atoms with Crippen molar-refractivity contribution in [2.24, 2.45) is 5.92 Å². The lowest BCUT2D eigenvalue weighted by Crippen LogP contribution is -2.37. The molecule has 0 aromatic carbocycles. The summed E-state index contributed by atoms with van der Waals surface area (Å²) < 4.78 is 6.84. The van der Waals surface area contributed by atoms with Gasteiger partial charge in [0.15, 0.2) is 11.5 Å². The van der Waals surface area contributed by atoms with Gasteiger partial charge < -0.3 is 14.5 Å². The molecule has 0 bridgehead atoms. The molecule has 1 N–H and O–H groups in total. The number of nitrogens with zero attached hydrogens (tertiary/aromatic N) is 7. The Kier molecular flexibility index (Phi) is 4.53. The van der Waals surface area contributed by atoms with Crippen molar-refractivity contribution in [1.82, 2.24) is 30.1 Å². The molecule has 1 aliphatic rings. The van der Waals surface area contributed by atoms with Gasteiger partial charge in [-0.2, -0.15) is 4.98 Å². The molecule has 3 aromatic heterocycles. The largest absolute Gasteiger partial charge is 0.476 e. The minimum absolute atomic E-state index is 0.0353. The standard InChI is InChI=1S/C17H19N7O3/c1-11-19-16(27-21-11)13-4-5-18-15(7-13)23-6-2-3-12(8-23)9-24-10-14(17(25)26)20-22-24/h4-5,7,10,12H,2-3,6,8-9H2,1H3,(H,25,26). The third-order valence-corrected chi connectivity index (χ3v) is 4.57. The van der Waals surface area contributed by atoms with Crippen LogP contribution in [0.25, 0.3) is 11.5 Å². The maximum absolute atomic E-state index is 10.9. The molecule has 1 atom stereocenters. The molecule has 140 valence electrons. The topological polar surface area (TPSA) is 123 Å². The van der Waals surface area contributed by atoms with Crippen molar-refractivity contribution in [3.05, 3.63) is 36.0 Å². The molecule has 0 radical (unpaired) electrons. The van der Waals surface area contributed by atoms with Crippen LogP contribution in [-0.4, -0.2) is 54.3 Å². The second-order valence-electron chi connectivity index (χ2n) is 6.63. The van der Waals surface area contributed by atoms with E-state index < -0.39 is 5.97 Å². The first-order valence-electron chi connectivity index (χ1n) is 8.73. The molecule has 0 saturated carbocycles. The zero-order valence-corrected chi connectivity index (χ0v) is 14.8. The lowest BCUT2D eigenvalue weighted by molar-refractivity contribution is 0.0690. The van der Waals surface area contributed by atoms with E-state index in [2.05, 4.69) is 30.3 Å². The quantitative estimate of drug-likeness (QED) is 0.715. The van der Waals surface area contributed by atoms with Crippen LogP contribution in [0.2, 0.25) is 0 Å². The van der Waals surface area contributed by atoms with Crippen LogP contribution in [0.4, 0.5) is 5.82 Å². The first-order chi connectivity index (χ1) is 13.1. The van der Waals surface area contributed by atoms with E-state index in [1.807, 2.05) is 12.1 Å². The molecular weight excluding hydrogens is 350 g/mol. The summed E-state index contributed by atoms with van der Waals surface area (Å²) in [7, 11) is 0. The van der Waals surface area contributed by atoms with Crippen molar-refractivity contribution < 1.29 is 14.4 Å². The van der Waals surface area contributed by atoms with Crippen LogP contribution in [0.15, 0.2) is 29.0 Å². The summed E-state index contributed by atoms with van der Waals surface area (Å²) in [5, 5.41) is 20.4. The maximum atomic E-state index is 10.9. The van der Waals surface area contributed by atoms with E-state index in [9.17, 15) is 4.79 Å². The molecule has 1 fully saturated rings. The number of aryl methyl sites for hydroxylation is 1. The van der Waals surface area contributed by atoms with Crippen LogP contribution in [0.1, 0.15) is 29.2 Å². The Morgan fingerprint density at radius 3 is 3.07 bits per heavy atom. The summed E-state index contributed by atoms with van der Waals surface area (Å²) in [4.78, 5) is 21.9. The van der Waals surface area contributed by atoms with Gasteiger partial charge in [-0.25, -0.2) is 9.78 Å². The average molecular weight is 369 g/mol. The third-order valence-electron chi connectivity index (χ3n) is 4.57. The molecule has 10 nitrogen and oxygen atoms in total. The first kappa shape index (κ1) is 17.1. The molecule has 4 rings (SSSR count). The number of aromatic nitrogens is 6. The number of pyridine rings is 1. The molecule has 1 saturated heterocycles. The third kappa shape index (κ3) is 3.78. The molecule has 0 spiro atoms. The van der Waals surface area contributed by atoms with Gasteiger partial charge in [0, 0.05) is 31.4 Å². The van der Waals surface area contributed by atoms with E-state index in [0.29, 0.717) is 24.2 Å². The molecule has 10 heteroatoms. The molecule has 27 heavy (non-hydrogen) atoms. The van der Waals surface area contributed by atoms with Crippen molar-refractivity contribution in [3.63, 3.8) is 0 Å². The predicted molar refractivity (Wildman–Crippen MR) is 94.2 cm³/mol. The minimum atomic E-state index is -1.07. The molecule has 0 aliphatic carbocycles. The van der Waals surface area contributed by atoms with Gasteiger partial charge in [0.25, 0.3) is 5.89 Å². The molecule has 1 aliphatic heterocycles. The minimum Gasteiger partial charge on any atom is -0.476 e. The highest BCUT2D eigenvalue weighted by molar-refractivity contribution is 5.84. The van der Waals surface area contributed by atoms with E-state index in [-0.39, 0.29) is 5.69 Å². The van der Waals surface area contributed by atoms with E-state index >= 15 is 0 Å². The Balaban J connectivity index is 1.47. The monoisotopic (exact) mass is 369 g/mol. The zero-order chi connectivity index (χ0) is 18.8. The van der Waals surface area contributed by atoms with E-state index in [1.165, 1.54) is 6.20 Å². The van der Waals surface area contributed by atoms with Crippen LogP contribution in [0.3, 0.4) is 0 Å². The van der Waals surface area contributed by atoms with Gasteiger partial charge in [-0.05, 0) is 37.8 Å². The van der Waals surface area contributed by atoms with Gasteiger partial charge in [-0.3, -0.25) is 4.68 Å². The molecule has 1 unspecified atom stereocenters. The fourth-order valence-corrected chi connectivity index (χ4v) is 3.31. The SMILES string of the molecule is Cc1noc(-c2ccnc(N3CCCC(Cn4cc(C(=O)O)nn4)C3)c2)n1. The lowest BCUT2D eigenvalue weighted by Gasteiger charge is -2.33. The van der Waals surface area contributed by atoms with Crippen molar-refractivity contribution in [2.75, 3.05) is 18.0 Å². The summed E-state index contributed by atoms with van der Waals surface area (Å²) in [6.45, 7) is 4.12. The smallest absolute Gasteiger partial charge is 0.358 e. The Morgan fingerprint density at radius 2 is 2.33 bits per heavy atom. The molecule has 3 aromatic rings. The summed E-state index contributed by atoms with van der Waals surface area (Å²) in [5.41, 5.74) is 0.803. The average Bonchev–Trinajstić information content (AvgIpc) is 3.31. The van der Waals surface area contributed by atoms with Crippen LogP contribution >= 0.6 is 0 Å². The number of rotatable bonds is 5. The number of piperidine rings is 1. The van der Waals surface area contributed by atoms with Gasteiger partial charge in [0.2, 0.25) is 0 Å². The van der Waals surface area contributed by atoms with Crippen molar-refractivity contribution in [3.8, 4) is 11.5 Å². The zero-order valence-electron chi connectivity index (χ0n) is 14.8. The fourth-order valence-electron chi connectivity index (χ4n) is 3.31. The van der Waals surface area contributed by atoms with E-state index in [0.717, 1.165) is 37.3 Å². The highest BCUT2D eigenvalue weighted by atomic mass is 16.5. The van der Waals surface area contributed by atoms with Crippen molar-refractivity contribution in [1.29, 1.82) is 0 Å². The van der Waals surface area contributed by atoms with Crippen LogP contribution in [0.5, 0.6) is 0 Å². The van der Waals surface area contributed by atoms with Gasteiger partial charge in [0.05, 0.1) is 6.20 Å². The van der Waals surface area contributed by atoms with E-state index in [1.54, 1.807) is 17.8 Å². The summed E-state index contributed by atoms with van der Waals surface area (Å²) in [6.07, 6.45) is 5.28. The normalized spacial score (nSPS) is 17.2. The number of hydrogen-bond donors (Lipinski definition) is 1. The van der Waals surface area contributed by atoms with Gasteiger partial charge in [-0.15, -0.1) is 5.10 Å². The summed E-state index contributed by atoms with van der Waals surface area (Å²) in [5.74, 6) is 1.20. The summed E-state index contributed by atoms with van der Waals surface area (Å²) in [6, 6.07) is 3.80. The number of carbonyl (C=O) groups is 1. The summed E-state index contributed by atoms with van der Waals surface area (Å²) >= 11 is 0. The number of aromatic carboxylic acids is 1. The Bertz CT molecular complexity index is 951. The number of anilines is 1. The highest BCUT2D eigenvalue weighted by Crippen LogP contribution is 2.26. The van der Waals surface area contributed by atoms with Gasteiger partial charge in [-0.1, -0.05) is 10.4 Å². The molecule has 0 amide bonds. The van der Waals surface area contributed by atoms with Gasteiger partial charge >= 0.3 is 5.97 Å². The second-order valence-corrected chi connectivity index (χ2v) is 6.63. The Labute approximate surface area is 154 Å². The maximum Gasteiger partial charge on any atom is 0.358 e. The fraction of sp³-hybridized carbons (Fsp3) is 0.412. The number of carboxylic acid groups (broad SMARTS) is 1.